The molecular weight excluding hydrogens is 264 g/mol. The van der Waals surface area contributed by atoms with Crippen molar-refractivity contribution in [3.8, 4) is 0 Å². The minimum Gasteiger partial charge on any atom is -0.339 e. The predicted molar refractivity (Wildman–Crippen MR) is 74.0 cm³/mol. The van der Waals surface area contributed by atoms with Crippen molar-refractivity contribution >= 4 is 11.6 Å². The van der Waals surface area contributed by atoms with E-state index < -0.39 is 0 Å². The van der Waals surface area contributed by atoms with E-state index in [9.17, 15) is 0 Å². The van der Waals surface area contributed by atoms with Crippen LogP contribution < -0.4 is 5.73 Å². The van der Waals surface area contributed by atoms with Crippen LogP contribution in [0.1, 0.15) is 23.3 Å². The summed E-state index contributed by atoms with van der Waals surface area (Å²) >= 11 is 5.84. The summed E-state index contributed by atoms with van der Waals surface area (Å²) in [6.07, 6.45) is 0.582. The molecule has 0 spiro atoms. The van der Waals surface area contributed by atoms with E-state index in [4.69, 9.17) is 21.9 Å². The van der Waals surface area contributed by atoms with Crippen molar-refractivity contribution < 1.29 is 4.52 Å². The van der Waals surface area contributed by atoms with Crippen LogP contribution >= 0.6 is 11.6 Å². The molecule has 0 aliphatic carbocycles. The standard InChI is InChI=1S/C13H17ClN4O/c1-18(2)8-11(15)13-16-12(19-17-13)7-9-3-5-10(14)6-4-9/h3-6,11H,7-8,15H2,1-2H3. The smallest absolute Gasteiger partial charge is 0.231 e. The van der Waals surface area contributed by atoms with Gasteiger partial charge in [-0.1, -0.05) is 28.9 Å². The Kier molecular flexibility index (Phi) is 4.52. The first-order valence-corrected chi connectivity index (χ1v) is 6.39. The van der Waals surface area contributed by atoms with Gasteiger partial charge in [0.05, 0.1) is 12.5 Å². The molecule has 0 saturated heterocycles. The van der Waals surface area contributed by atoms with Crippen molar-refractivity contribution in [3.63, 3.8) is 0 Å². The zero-order valence-electron chi connectivity index (χ0n) is 11.0. The molecule has 1 aromatic carbocycles. The maximum absolute atomic E-state index is 5.98. The normalized spacial score (nSPS) is 12.9. The number of hydrogen-bond acceptors (Lipinski definition) is 5. The quantitative estimate of drug-likeness (QED) is 0.906. The predicted octanol–water partition coefficient (Wildman–Crippen LogP) is 1.88. The van der Waals surface area contributed by atoms with Gasteiger partial charge in [0.15, 0.2) is 5.82 Å². The van der Waals surface area contributed by atoms with Crippen LogP contribution in [-0.2, 0) is 6.42 Å². The molecule has 2 rings (SSSR count). The molecule has 0 aliphatic heterocycles. The van der Waals surface area contributed by atoms with Crippen LogP contribution in [0.4, 0.5) is 0 Å². The Morgan fingerprint density at radius 3 is 2.63 bits per heavy atom. The summed E-state index contributed by atoms with van der Waals surface area (Å²) in [6, 6.07) is 7.31. The van der Waals surface area contributed by atoms with Crippen molar-refractivity contribution in [1.29, 1.82) is 0 Å². The molecular formula is C13H17ClN4O. The van der Waals surface area contributed by atoms with Gasteiger partial charge in [0.2, 0.25) is 5.89 Å². The number of halogens is 1. The number of hydrogen-bond donors (Lipinski definition) is 1. The van der Waals surface area contributed by atoms with Crippen LogP contribution in [-0.4, -0.2) is 35.7 Å². The first-order valence-electron chi connectivity index (χ1n) is 6.02. The maximum Gasteiger partial charge on any atom is 0.231 e. The Morgan fingerprint density at radius 2 is 2.00 bits per heavy atom. The minimum atomic E-state index is -0.238. The van der Waals surface area contributed by atoms with Gasteiger partial charge in [-0.05, 0) is 31.8 Å². The molecule has 1 aromatic heterocycles. The van der Waals surface area contributed by atoms with Crippen LogP contribution in [0.5, 0.6) is 0 Å². The zero-order valence-corrected chi connectivity index (χ0v) is 11.8. The molecule has 2 aromatic rings. The van der Waals surface area contributed by atoms with E-state index in [2.05, 4.69) is 10.1 Å². The number of rotatable bonds is 5. The molecule has 0 fully saturated rings. The third-order valence-corrected chi connectivity index (χ3v) is 2.90. The van der Waals surface area contributed by atoms with Crippen molar-refractivity contribution in [2.24, 2.45) is 5.73 Å². The SMILES string of the molecule is CN(C)CC(N)c1noc(Cc2ccc(Cl)cc2)n1. The van der Waals surface area contributed by atoms with Gasteiger partial charge in [0.25, 0.3) is 0 Å². The molecule has 0 saturated carbocycles. The lowest BCUT2D eigenvalue weighted by Gasteiger charge is -2.12. The fourth-order valence-electron chi connectivity index (χ4n) is 1.74. The van der Waals surface area contributed by atoms with Gasteiger partial charge in [-0.15, -0.1) is 0 Å². The van der Waals surface area contributed by atoms with Crippen LogP contribution in [0.3, 0.4) is 0 Å². The Bertz CT molecular complexity index is 524. The largest absolute Gasteiger partial charge is 0.339 e. The van der Waals surface area contributed by atoms with E-state index in [-0.39, 0.29) is 6.04 Å². The molecule has 5 nitrogen and oxygen atoms in total. The van der Waals surface area contributed by atoms with Crippen molar-refractivity contribution in [1.82, 2.24) is 15.0 Å². The first kappa shape index (κ1) is 14.0. The summed E-state index contributed by atoms with van der Waals surface area (Å²) in [5.74, 6) is 1.10. The van der Waals surface area contributed by atoms with Crippen molar-refractivity contribution in [3.05, 3.63) is 46.6 Å². The minimum absolute atomic E-state index is 0.238. The Labute approximate surface area is 117 Å². The summed E-state index contributed by atoms with van der Waals surface area (Å²) in [6.45, 7) is 0.680. The highest BCUT2D eigenvalue weighted by atomic mass is 35.5. The fourth-order valence-corrected chi connectivity index (χ4v) is 1.87. The Morgan fingerprint density at radius 1 is 1.32 bits per heavy atom. The number of aromatic nitrogens is 2. The molecule has 0 aliphatic rings. The lowest BCUT2D eigenvalue weighted by molar-refractivity contribution is 0.348. The van der Waals surface area contributed by atoms with E-state index in [0.29, 0.717) is 29.7 Å². The Hall–Kier alpha value is -1.43. The monoisotopic (exact) mass is 280 g/mol. The third-order valence-electron chi connectivity index (χ3n) is 2.65. The molecule has 1 heterocycles. The van der Waals surface area contributed by atoms with Gasteiger partial charge in [-0.3, -0.25) is 0 Å². The van der Waals surface area contributed by atoms with Crippen LogP contribution in [0.15, 0.2) is 28.8 Å². The number of nitrogens with zero attached hydrogens (tertiary/aromatic N) is 3. The second kappa shape index (κ2) is 6.14. The first-order chi connectivity index (χ1) is 9.04. The molecule has 0 radical (unpaired) electrons. The molecule has 1 unspecified atom stereocenters. The third kappa shape index (κ3) is 4.02. The average molecular weight is 281 g/mol. The molecule has 2 N–H and O–H groups in total. The molecule has 1 atom stereocenters. The summed E-state index contributed by atoms with van der Waals surface area (Å²) in [5, 5.41) is 4.63. The number of nitrogens with two attached hydrogens (primary N) is 1. The van der Waals surface area contributed by atoms with Gasteiger partial charge in [-0.25, -0.2) is 0 Å². The average Bonchev–Trinajstić information content (AvgIpc) is 2.80. The highest BCUT2D eigenvalue weighted by Crippen LogP contribution is 2.14. The van der Waals surface area contributed by atoms with Crippen LogP contribution in [0.25, 0.3) is 0 Å². The summed E-state index contributed by atoms with van der Waals surface area (Å²) in [7, 11) is 3.91. The summed E-state index contributed by atoms with van der Waals surface area (Å²) in [4.78, 5) is 6.30. The van der Waals surface area contributed by atoms with Gasteiger partial charge in [-0.2, -0.15) is 4.98 Å². The highest BCUT2D eigenvalue weighted by Gasteiger charge is 2.15. The Balaban J connectivity index is 2.02. The second-order valence-electron chi connectivity index (χ2n) is 4.72. The van der Waals surface area contributed by atoms with E-state index >= 15 is 0 Å². The lowest BCUT2D eigenvalue weighted by atomic mass is 10.1. The number of benzene rings is 1. The molecule has 6 heteroatoms. The second-order valence-corrected chi connectivity index (χ2v) is 5.15. The van der Waals surface area contributed by atoms with Crippen LogP contribution in [0.2, 0.25) is 5.02 Å². The van der Waals surface area contributed by atoms with Gasteiger partial charge < -0.3 is 15.2 Å². The summed E-state index contributed by atoms with van der Waals surface area (Å²) < 4.78 is 5.21. The molecule has 102 valence electrons. The van der Waals surface area contributed by atoms with Gasteiger partial charge in [0.1, 0.15) is 0 Å². The van der Waals surface area contributed by atoms with E-state index in [1.165, 1.54) is 0 Å². The van der Waals surface area contributed by atoms with E-state index in [1.807, 2.05) is 43.3 Å². The topological polar surface area (TPSA) is 68.2 Å². The molecule has 19 heavy (non-hydrogen) atoms. The van der Waals surface area contributed by atoms with Gasteiger partial charge >= 0.3 is 0 Å². The van der Waals surface area contributed by atoms with Crippen LogP contribution in [0, 0.1) is 0 Å². The van der Waals surface area contributed by atoms with Crippen molar-refractivity contribution in [2.45, 2.75) is 12.5 Å². The molecule has 0 bridgehead atoms. The maximum atomic E-state index is 5.98. The lowest BCUT2D eigenvalue weighted by Crippen LogP contribution is -2.26. The highest BCUT2D eigenvalue weighted by molar-refractivity contribution is 6.30. The van der Waals surface area contributed by atoms with E-state index in [0.717, 1.165) is 5.56 Å². The summed E-state index contributed by atoms with van der Waals surface area (Å²) in [5.41, 5.74) is 7.05. The van der Waals surface area contributed by atoms with E-state index in [1.54, 1.807) is 0 Å². The molecule has 0 amide bonds. The van der Waals surface area contributed by atoms with Gasteiger partial charge in [0, 0.05) is 11.6 Å². The zero-order chi connectivity index (χ0) is 13.8. The number of likely N-dealkylation sites (N-methyl/N-ethyl adjacent to an activating group) is 1. The fraction of sp³-hybridized carbons (Fsp3) is 0.385. The van der Waals surface area contributed by atoms with Crippen molar-refractivity contribution in [2.75, 3.05) is 20.6 Å².